The largest absolute Gasteiger partial charge is 0.504 e. The van der Waals surface area contributed by atoms with Crippen molar-refractivity contribution in [1.82, 2.24) is 0 Å². The molecule has 0 saturated carbocycles. The van der Waals surface area contributed by atoms with E-state index in [1.54, 1.807) is 41.3 Å². The Balaban J connectivity index is 1.71. The molecule has 3 rings (SSSR count). The molecule has 0 fully saturated rings. The van der Waals surface area contributed by atoms with Crippen LogP contribution in [-0.4, -0.2) is 5.11 Å². The first-order valence-electron chi connectivity index (χ1n) is 6.84. The van der Waals surface area contributed by atoms with Gasteiger partial charge < -0.3 is 10.4 Å². The Morgan fingerprint density at radius 1 is 1.04 bits per heavy atom. The van der Waals surface area contributed by atoms with Gasteiger partial charge in [0.1, 0.15) is 0 Å². The molecule has 0 bridgehead atoms. The lowest BCUT2D eigenvalue weighted by molar-refractivity contribution is 0.477. The van der Waals surface area contributed by atoms with Gasteiger partial charge in [-0.1, -0.05) is 41.0 Å². The van der Waals surface area contributed by atoms with Gasteiger partial charge in [0.25, 0.3) is 0 Å². The Kier molecular flexibility index (Phi) is 5.38. The van der Waals surface area contributed by atoms with Gasteiger partial charge in [0.15, 0.2) is 5.75 Å². The molecule has 0 atom stereocenters. The van der Waals surface area contributed by atoms with E-state index >= 15 is 0 Å². The second-order valence-corrected chi connectivity index (χ2v) is 7.88. The highest BCUT2D eigenvalue weighted by molar-refractivity contribution is 8.01. The normalized spacial score (nSPS) is 10.7. The van der Waals surface area contributed by atoms with Crippen molar-refractivity contribution < 1.29 is 5.11 Å². The summed E-state index contributed by atoms with van der Waals surface area (Å²) in [5.74, 6) is 0.0799. The zero-order chi connectivity index (χ0) is 16.2. The minimum absolute atomic E-state index is 0.0799. The fourth-order valence-electron chi connectivity index (χ4n) is 2.00. The van der Waals surface area contributed by atoms with Gasteiger partial charge in [0, 0.05) is 16.5 Å². The van der Waals surface area contributed by atoms with Gasteiger partial charge in [-0.2, -0.15) is 0 Å². The molecule has 0 aliphatic heterocycles. The molecule has 3 aromatic rings. The monoisotopic (exact) mass is 381 g/mol. The first-order chi connectivity index (χ1) is 11.1. The number of hydrogen-bond acceptors (Lipinski definition) is 4. The molecule has 0 unspecified atom stereocenters. The highest BCUT2D eigenvalue weighted by Gasteiger charge is 2.09. The molecule has 6 heteroatoms. The quantitative estimate of drug-likeness (QED) is 0.493. The molecule has 2 nitrogen and oxygen atoms in total. The Labute approximate surface area is 153 Å². The molecule has 0 saturated heterocycles. The fourth-order valence-corrected chi connectivity index (χ4v) is 4.35. The summed E-state index contributed by atoms with van der Waals surface area (Å²) in [7, 11) is 0. The van der Waals surface area contributed by atoms with Crippen LogP contribution in [-0.2, 0) is 6.54 Å². The molecule has 0 aliphatic carbocycles. The lowest BCUT2D eigenvalue weighted by Gasteiger charge is -2.10. The molecule has 0 amide bonds. The predicted octanol–water partition coefficient (Wildman–Crippen LogP) is 6.52. The molecule has 23 heavy (non-hydrogen) atoms. The summed E-state index contributed by atoms with van der Waals surface area (Å²) in [6.07, 6.45) is 0. The summed E-state index contributed by atoms with van der Waals surface area (Å²) < 4.78 is 1.21. The van der Waals surface area contributed by atoms with Gasteiger partial charge in [-0.25, -0.2) is 0 Å². The summed E-state index contributed by atoms with van der Waals surface area (Å²) >= 11 is 15.2. The van der Waals surface area contributed by atoms with Crippen LogP contribution in [0.25, 0.3) is 0 Å². The maximum absolute atomic E-state index is 9.95. The van der Waals surface area contributed by atoms with E-state index in [9.17, 15) is 5.11 Å². The van der Waals surface area contributed by atoms with E-state index in [2.05, 4.69) is 16.8 Å². The number of rotatable bonds is 5. The number of hydrogen-bond donors (Lipinski definition) is 2. The molecule has 1 heterocycles. The van der Waals surface area contributed by atoms with Crippen molar-refractivity contribution >= 4 is 52.0 Å². The number of benzene rings is 2. The number of para-hydroxylation sites is 1. The van der Waals surface area contributed by atoms with Crippen LogP contribution in [0.2, 0.25) is 10.0 Å². The number of anilines is 1. The summed E-state index contributed by atoms with van der Waals surface area (Å²) in [6, 6.07) is 15.1. The Morgan fingerprint density at radius 3 is 2.61 bits per heavy atom. The van der Waals surface area contributed by atoms with Crippen LogP contribution in [0.3, 0.4) is 0 Å². The van der Waals surface area contributed by atoms with Crippen LogP contribution >= 0.6 is 46.3 Å². The zero-order valence-corrected chi connectivity index (χ0v) is 15.1. The molecule has 0 aliphatic rings. The number of aromatic hydroxyl groups is 1. The van der Waals surface area contributed by atoms with Crippen LogP contribution in [0, 0.1) is 0 Å². The van der Waals surface area contributed by atoms with Crippen molar-refractivity contribution in [3.05, 3.63) is 69.5 Å². The number of thiophene rings is 1. The standard InChI is InChI=1S/C17H13Cl2NOS2/c18-12-4-6-13(7-5-12)23-17-11(8-9-22-17)10-20-15-3-1-2-14(19)16(15)21/h1-9,20-21H,10H2. The molecular formula is C17H13Cl2NOS2. The molecule has 0 spiro atoms. The second-order valence-electron chi connectivity index (χ2n) is 4.78. The molecule has 2 N–H and O–H groups in total. The van der Waals surface area contributed by atoms with Crippen LogP contribution in [0.5, 0.6) is 5.75 Å². The van der Waals surface area contributed by atoms with Crippen molar-refractivity contribution in [3.63, 3.8) is 0 Å². The number of phenolic OH excluding ortho intramolecular Hbond substituents is 1. The fraction of sp³-hybridized carbons (Fsp3) is 0.0588. The average molecular weight is 382 g/mol. The topological polar surface area (TPSA) is 32.3 Å². The number of nitrogens with one attached hydrogen (secondary N) is 1. The third-order valence-electron chi connectivity index (χ3n) is 3.19. The van der Waals surface area contributed by atoms with Crippen LogP contribution in [0.15, 0.2) is 63.0 Å². The van der Waals surface area contributed by atoms with Crippen molar-refractivity contribution in [2.24, 2.45) is 0 Å². The van der Waals surface area contributed by atoms with Crippen LogP contribution in [0.4, 0.5) is 5.69 Å². The average Bonchev–Trinajstić information content (AvgIpc) is 2.98. The van der Waals surface area contributed by atoms with E-state index in [1.165, 1.54) is 9.77 Å². The lowest BCUT2D eigenvalue weighted by atomic mass is 10.2. The number of halogens is 2. The van der Waals surface area contributed by atoms with E-state index in [1.807, 2.05) is 24.3 Å². The van der Waals surface area contributed by atoms with Gasteiger partial charge in [0.2, 0.25) is 0 Å². The lowest BCUT2D eigenvalue weighted by Crippen LogP contribution is -1.99. The Morgan fingerprint density at radius 2 is 1.83 bits per heavy atom. The maximum atomic E-state index is 9.95. The molecular weight excluding hydrogens is 369 g/mol. The van der Waals surface area contributed by atoms with E-state index in [0.717, 1.165) is 9.92 Å². The van der Waals surface area contributed by atoms with Crippen molar-refractivity contribution in [2.45, 2.75) is 15.6 Å². The zero-order valence-electron chi connectivity index (χ0n) is 11.9. The summed E-state index contributed by atoms with van der Waals surface area (Å²) in [5, 5.41) is 16.3. The van der Waals surface area contributed by atoms with E-state index in [0.29, 0.717) is 17.3 Å². The van der Waals surface area contributed by atoms with Gasteiger partial charge >= 0.3 is 0 Å². The maximum Gasteiger partial charge on any atom is 0.157 e. The van der Waals surface area contributed by atoms with E-state index < -0.39 is 0 Å². The third-order valence-corrected chi connectivity index (χ3v) is 5.99. The van der Waals surface area contributed by atoms with Crippen molar-refractivity contribution in [3.8, 4) is 5.75 Å². The summed E-state index contributed by atoms with van der Waals surface area (Å²) in [6.45, 7) is 0.618. The molecule has 0 radical (unpaired) electrons. The Hall–Kier alpha value is -1.33. The van der Waals surface area contributed by atoms with E-state index in [4.69, 9.17) is 23.2 Å². The van der Waals surface area contributed by atoms with Crippen LogP contribution in [0.1, 0.15) is 5.56 Å². The van der Waals surface area contributed by atoms with Crippen molar-refractivity contribution in [1.29, 1.82) is 0 Å². The Bertz CT molecular complexity index is 803. The second kappa shape index (κ2) is 7.49. The summed E-state index contributed by atoms with van der Waals surface area (Å²) in [4.78, 5) is 1.14. The molecule has 2 aromatic carbocycles. The smallest absolute Gasteiger partial charge is 0.157 e. The number of phenols is 1. The molecule has 1 aromatic heterocycles. The SMILES string of the molecule is Oc1c(Cl)cccc1NCc1ccsc1Sc1ccc(Cl)cc1. The summed E-state index contributed by atoms with van der Waals surface area (Å²) in [5.41, 5.74) is 1.81. The first kappa shape index (κ1) is 16.5. The van der Waals surface area contributed by atoms with Crippen molar-refractivity contribution in [2.75, 3.05) is 5.32 Å². The molecule has 118 valence electrons. The van der Waals surface area contributed by atoms with E-state index in [-0.39, 0.29) is 5.75 Å². The highest BCUT2D eigenvalue weighted by atomic mass is 35.5. The van der Waals surface area contributed by atoms with Gasteiger partial charge in [0.05, 0.1) is 14.9 Å². The van der Waals surface area contributed by atoms with Gasteiger partial charge in [-0.05, 0) is 53.4 Å². The predicted molar refractivity (Wildman–Crippen MR) is 100 cm³/mol. The van der Waals surface area contributed by atoms with Gasteiger partial charge in [-0.15, -0.1) is 11.3 Å². The minimum atomic E-state index is 0.0799. The third kappa shape index (κ3) is 4.15. The first-order valence-corrected chi connectivity index (χ1v) is 9.30. The van der Waals surface area contributed by atoms with Gasteiger partial charge in [-0.3, -0.25) is 0 Å². The van der Waals surface area contributed by atoms with Crippen LogP contribution < -0.4 is 5.32 Å². The minimum Gasteiger partial charge on any atom is -0.504 e. The highest BCUT2D eigenvalue weighted by Crippen LogP contribution is 2.36.